The molecule has 0 aromatic heterocycles. The summed E-state index contributed by atoms with van der Waals surface area (Å²) in [5.74, 6) is -2.19. The van der Waals surface area contributed by atoms with Crippen LogP contribution in [0.5, 0.6) is 0 Å². The zero-order chi connectivity index (χ0) is 11.9. The highest BCUT2D eigenvalue weighted by atomic mass is 32.2. The van der Waals surface area contributed by atoms with Crippen LogP contribution in [0.4, 0.5) is 0 Å². The van der Waals surface area contributed by atoms with Crippen LogP contribution in [0.3, 0.4) is 0 Å². The molecular weight excluding hydrogens is 224 g/mol. The summed E-state index contributed by atoms with van der Waals surface area (Å²) in [6.07, 6.45) is 1.18. The number of carbonyl (C=O) groups is 2. The number of sulfonamides is 1. The van der Waals surface area contributed by atoms with Gasteiger partial charge in [0, 0.05) is 0 Å². The number of carboxylic acid groups (broad SMARTS) is 1. The molecule has 0 radical (unpaired) electrons. The maximum atomic E-state index is 11.0. The van der Waals surface area contributed by atoms with Crippen LogP contribution in [0.15, 0.2) is 12.7 Å². The van der Waals surface area contributed by atoms with E-state index < -0.39 is 35.0 Å². The summed E-state index contributed by atoms with van der Waals surface area (Å²) >= 11 is 0. The van der Waals surface area contributed by atoms with Crippen LogP contribution in [0.25, 0.3) is 0 Å². The Balaban J connectivity index is 3.90. The third kappa shape index (κ3) is 7.65. The number of carboxylic acids is 1. The second-order valence-corrected chi connectivity index (χ2v) is 4.41. The normalized spacial score (nSPS) is 10.7. The molecule has 8 heteroatoms. The third-order valence-corrected chi connectivity index (χ3v) is 2.49. The van der Waals surface area contributed by atoms with E-state index in [-0.39, 0.29) is 5.75 Å². The van der Waals surface area contributed by atoms with Gasteiger partial charge < -0.3 is 10.4 Å². The number of hydrogen-bond acceptors (Lipinski definition) is 4. The molecule has 0 bridgehead atoms. The van der Waals surface area contributed by atoms with Crippen molar-refractivity contribution in [3.05, 3.63) is 12.7 Å². The number of hydrogen-bond donors (Lipinski definition) is 3. The van der Waals surface area contributed by atoms with Gasteiger partial charge in [-0.3, -0.25) is 9.59 Å². The van der Waals surface area contributed by atoms with Crippen molar-refractivity contribution in [3.8, 4) is 0 Å². The lowest BCUT2D eigenvalue weighted by molar-refractivity contribution is -0.137. The molecule has 0 fully saturated rings. The van der Waals surface area contributed by atoms with Gasteiger partial charge in [0.2, 0.25) is 15.9 Å². The van der Waals surface area contributed by atoms with Crippen LogP contribution in [-0.4, -0.2) is 44.2 Å². The Morgan fingerprint density at radius 2 is 1.93 bits per heavy atom. The molecule has 0 aliphatic heterocycles. The van der Waals surface area contributed by atoms with Gasteiger partial charge in [-0.1, -0.05) is 6.08 Å². The topological polar surface area (TPSA) is 113 Å². The lowest BCUT2D eigenvalue weighted by Gasteiger charge is -2.04. The fourth-order valence-electron chi connectivity index (χ4n) is 0.626. The Morgan fingerprint density at radius 3 is 2.40 bits per heavy atom. The lowest BCUT2D eigenvalue weighted by Crippen LogP contribution is -2.39. The van der Waals surface area contributed by atoms with Gasteiger partial charge in [-0.25, -0.2) is 13.1 Å². The molecular formula is C7H12N2O5S. The van der Waals surface area contributed by atoms with Crippen molar-refractivity contribution in [2.45, 2.75) is 0 Å². The molecule has 0 spiro atoms. The van der Waals surface area contributed by atoms with Crippen LogP contribution in [-0.2, 0) is 19.6 Å². The van der Waals surface area contributed by atoms with Crippen LogP contribution < -0.4 is 10.0 Å². The van der Waals surface area contributed by atoms with Crippen molar-refractivity contribution in [1.29, 1.82) is 0 Å². The van der Waals surface area contributed by atoms with E-state index in [0.717, 1.165) is 0 Å². The molecule has 0 aliphatic carbocycles. The summed E-state index contributed by atoms with van der Waals surface area (Å²) in [6, 6.07) is 0. The molecule has 0 aromatic carbocycles. The second-order valence-electron chi connectivity index (χ2n) is 2.56. The number of carbonyl (C=O) groups excluding carboxylic acids is 1. The average molecular weight is 236 g/mol. The minimum atomic E-state index is -3.54. The average Bonchev–Trinajstić information content (AvgIpc) is 2.11. The molecule has 0 unspecified atom stereocenters. The fraction of sp³-hybridized carbons (Fsp3) is 0.429. The SMILES string of the molecule is C=CCS(=O)(=O)NCC(=O)NCC(=O)O. The highest BCUT2D eigenvalue weighted by Gasteiger charge is 2.10. The number of amides is 1. The van der Waals surface area contributed by atoms with Crippen molar-refractivity contribution in [1.82, 2.24) is 10.0 Å². The van der Waals surface area contributed by atoms with Gasteiger partial charge in [0.05, 0.1) is 12.3 Å². The van der Waals surface area contributed by atoms with E-state index >= 15 is 0 Å². The van der Waals surface area contributed by atoms with Crippen molar-refractivity contribution >= 4 is 21.9 Å². The van der Waals surface area contributed by atoms with Gasteiger partial charge in [0.15, 0.2) is 0 Å². The zero-order valence-corrected chi connectivity index (χ0v) is 8.71. The first-order chi connectivity index (χ1) is 6.87. The molecule has 86 valence electrons. The summed E-state index contributed by atoms with van der Waals surface area (Å²) in [5, 5.41) is 10.2. The third-order valence-electron chi connectivity index (χ3n) is 1.23. The molecule has 3 N–H and O–H groups in total. The molecule has 0 saturated carbocycles. The second kappa shape index (κ2) is 6.14. The molecule has 15 heavy (non-hydrogen) atoms. The quantitative estimate of drug-likeness (QED) is 0.456. The van der Waals surface area contributed by atoms with Gasteiger partial charge >= 0.3 is 5.97 Å². The molecule has 1 amide bonds. The largest absolute Gasteiger partial charge is 0.480 e. The molecule has 0 saturated heterocycles. The predicted molar refractivity (Wildman–Crippen MR) is 52.6 cm³/mol. The fourth-order valence-corrected chi connectivity index (χ4v) is 1.41. The highest BCUT2D eigenvalue weighted by molar-refractivity contribution is 7.89. The Kier molecular flexibility index (Phi) is 5.57. The Hall–Kier alpha value is -1.41. The van der Waals surface area contributed by atoms with E-state index in [0.29, 0.717) is 0 Å². The Labute approximate surface area is 87.2 Å². The summed E-state index contributed by atoms with van der Waals surface area (Å²) < 4.78 is 24.0. The molecule has 0 heterocycles. The smallest absolute Gasteiger partial charge is 0.322 e. The number of aliphatic carboxylic acids is 1. The van der Waals surface area contributed by atoms with Crippen molar-refractivity contribution in [3.63, 3.8) is 0 Å². The Morgan fingerprint density at radius 1 is 1.33 bits per heavy atom. The van der Waals surface area contributed by atoms with Gasteiger partial charge in [0.25, 0.3) is 0 Å². The first-order valence-corrected chi connectivity index (χ1v) is 5.59. The summed E-state index contributed by atoms with van der Waals surface area (Å²) in [4.78, 5) is 20.9. The summed E-state index contributed by atoms with van der Waals surface area (Å²) in [7, 11) is -3.54. The monoisotopic (exact) mass is 236 g/mol. The van der Waals surface area contributed by atoms with E-state index in [2.05, 4.69) is 6.58 Å². The highest BCUT2D eigenvalue weighted by Crippen LogP contribution is 1.83. The van der Waals surface area contributed by atoms with E-state index in [1.54, 1.807) is 0 Å². The van der Waals surface area contributed by atoms with Crippen LogP contribution in [0.2, 0.25) is 0 Å². The number of nitrogens with one attached hydrogen (secondary N) is 2. The molecule has 0 aromatic rings. The first-order valence-electron chi connectivity index (χ1n) is 3.94. The lowest BCUT2D eigenvalue weighted by atomic mass is 10.5. The van der Waals surface area contributed by atoms with E-state index in [1.165, 1.54) is 6.08 Å². The van der Waals surface area contributed by atoms with Crippen molar-refractivity contribution in [2.75, 3.05) is 18.8 Å². The van der Waals surface area contributed by atoms with E-state index in [9.17, 15) is 18.0 Å². The predicted octanol–water partition coefficient (Wildman–Crippen LogP) is -1.71. The summed E-state index contributed by atoms with van der Waals surface area (Å²) in [6.45, 7) is 2.21. The van der Waals surface area contributed by atoms with Gasteiger partial charge in [-0.15, -0.1) is 6.58 Å². The minimum absolute atomic E-state index is 0.292. The molecule has 0 aliphatic rings. The Bertz CT molecular complexity index is 348. The van der Waals surface area contributed by atoms with E-state index in [1.807, 2.05) is 10.0 Å². The minimum Gasteiger partial charge on any atom is -0.480 e. The van der Waals surface area contributed by atoms with Gasteiger partial charge in [-0.2, -0.15) is 0 Å². The maximum Gasteiger partial charge on any atom is 0.322 e. The maximum absolute atomic E-state index is 11.0. The van der Waals surface area contributed by atoms with E-state index in [4.69, 9.17) is 5.11 Å². The number of rotatable bonds is 7. The van der Waals surface area contributed by atoms with Crippen LogP contribution >= 0.6 is 0 Å². The molecule has 0 atom stereocenters. The van der Waals surface area contributed by atoms with Crippen molar-refractivity contribution in [2.24, 2.45) is 0 Å². The molecule has 0 rings (SSSR count). The standard InChI is InChI=1S/C7H12N2O5S/c1-2-3-15(13,14)9-4-6(10)8-5-7(11)12/h2,9H,1,3-5H2,(H,8,10)(H,11,12). The van der Waals surface area contributed by atoms with Crippen LogP contribution in [0.1, 0.15) is 0 Å². The molecule has 7 nitrogen and oxygen atoms in total. The van der Waals surface area contributed by atoms with Crippen LogP contribution in [0, 0.1) is 0 Å². The van der Waals surface area contributed by atoms with Crippen molar-refractivity contribution < 1.29 is 23.1 Å². The van der Waals surface area contributed by atoms with Gasteiger partial charge in [0.1, 0.15) is 6.54 Å². The van der Waals surface area contributed by atoms with Gasteiger partial charge in [-0.05, 0) is 0 Å². The zero-order valence-electron chi connectivity index (χ0n) is 7.89. The summed E-state index contributed by atoms with van der Waals surface area (Å²) in [5.41, 5.74) is 0. The first kappa shape index (κ1) is 13.6.